The van der Waals surface area contributed by atoms with Crippen LogP contribution in [0.3, 0.4) is 0 Å². The Bertz CT molecular complexity index is 480. The number of carbonyl (C=O) groups excluding carboxylic acids is 2. The van der Waals surface area contributed by atoms with Gasteiger partial charge in [-0.2, -0.15) is 0 Å². The Hall–Kier alpha value is -1.56. The predicted molar refractivity (Wildman–Crippen MR) is 76.3 cm³/mol. The van der Waals surface area contributed by atoms with Crippen molar-refractivity contribution in [2.45, 2.75) is 52.7 Å². The van der Waals surface area contributed by atoms with E-state index in [2.05, 4.69) is 0 Å². The maximum Gasteiger partial charge on any atom is 0.352 e. The number of aromatic hydroxyl groups is 1. The number of esters is 2. The summed E-state index contributed by atoms with van der Waals surface area (Å²) in [6, 6.07) is 1.24. The van der Waals surface area contributed by atoms with Crippen molar-refractivity contribution in [2.75, 3.05) is 0 Å². The standard InChI is InChI=1S/C14H20O5S/c1-5-8(3)18-13(16)11-7-10(15)12(20-11)14(17)19-9(4)6-2/h7-9,15H,5-6H2,1-4H3. The van der Waals surface area contributed by atoms with Gasteiger partial charge in [-0.05, 0) is 26.7 Å². The monoisotopic (exact) mass is 300 g/mol. The molecule has 112 valence electrons. The van der Waals surface area contributed by atoms with Crippen molar-refractivity contribution in [3.05, 3.63) is 15.8 Å². The second kappa shape index (κ2) is 7.28. The minimum absolute atomic E-state index is 0.0291. The summed E-state index contributed by atoms with van der Waals surface area (Å²) in [5.41, 5.74) is 0. The molecule has 1 aromatic heterocycles. The van der Waals surface area contributed by atoms with Gasteiger partial charge in [-0.1, -0.05) is 13.8 Å². The third kappa shape index (κ3) is 4.23. The molecular weight excluding hydrogens is 280 g/mol. The van der Waals surface area contributed by atoms with E-state index in [0.29, 0.717) is 12.8 Å². The minimum Gasteiger partial charge on any atom is -0.506 e. The lowest BCUT2D eigenvalue weighted by Crippen LogP contribution is -2.13. The van der Waals surface area contributed by atoms with Crippen molar-refractivity contribution in [3.8, 4) is 5.75 Å². The van der Waals surface area contributed by atoms with Gasteiger partial charge < -0.3 is 14.6 Å². The van der Waals surface area contributed by atoms with E-state index in [4.69, 9.17) is 9.47 Å². The molecule has 0 aliphatic carbocycles. The molecule has 1 aromatic rings. The second-order valence-electron chi connectivity index (χ2n) is 4.57. The smallest absolute Gasteiger partial charge is 0.352 e. The summed E-state index contributed by atoms with van der Waals surface area (Å²) in [7, 11) is 0. The van der Waals surface area contributed by atoms with Gasteiger partial charge in [0, 0.05) is 6.07 Å². The first kappa shape index (κ1) is 16.5. The van der Waals surface area contributed by atoms with Crippen molar-refractivity contribution in [1.29, 1.82) is 0 Å². The van der Waals surface area contributed by atoms with Crippen LogP contribution in [0.25, 0.3) is 0 Å². The van der Waals surface area contributed by atoms with Gasteiger partial charge in [0.2, 0.25) is 0 Å². The summed E-state index contributed by atoms with van der Waals surface area (Å²) in [5, 5.41) is 9.73. The maximum atomic E-state index is 11.8. The molecule has 5 nitrogen and oxygen atoms in total. The van der Waals surface area contributed by atoms with Gasteiger partial charge in [0.15, 0.2) is 4.88 Å². The van der Waals surface area contributed by atoms with E-state index in [1.165, 1.54) is 6.07 Å². The van der Waals surface area contributed by atoms with E-state index in [1.54, 1.807) is 13.8 Å². The first-order valence-corrected chi connectivity index (χ1v) is 7.45. The topological polar surface area (TPSA) is 72.8 Å². The highest BCUT2D eigenvalue weighted by Gasteiger charge is 2.23. The molecule has 6 heteroatoms. The zero-order valence-corrected chi connectivity index (χ0v) is 13.0. The molecule has 1 heterocycles. The van der Waals surface area contributed by atoms with E-state index in [1.807, 2.05) is 13.8 Å². The number of carbonyl (C=O) groups is 2. The van der Waals surface area contributed by atoms with Crippen LogP contribution in [-0.4, -0.2) is 29.3 Å². The SMILES string of the molecule is CCC(C)OC(=O)c1cc(O)c(C(=O)OC(C)CC)s1. The van der Waals surface area contributed by atoms with Crippen LogP contribution in [0.5, 0.6) is 5.75 Å². The lowest BCUT2D eigenvalue weighted by molar-refractivity contribution is 0.0330. The normalized spacial score (nSPS) is 13.6. The van der Waals surface area contributed by atoms with Crippen LogP contribution in [0.1, 0.15) is 59.9 Å². The number of thiophene rings is 1. The molecule has 0 saturated carbocycles. The molecule has 0 radical (unpaired) electrons. The molecule has 0 aliphatic rings. The first-order chi connectivity index (χ1) is 9.38. The zero-order chi connectivity index (χ0) is 15.3. The highest BCUT2D eigenvalue weighted by Crippen LogP contribution is 2.30. The predicted octanol–water partition coefficient (Wildman–Crippen LogP) is 3.36. The van der Waals surface area contributed by atoms with Crippen LogP contribution in [0.4, 0.5) is 0 Å². The van der Waals surface area contributed by atoms with Crippen molar-refractivity contribution in [1.82, 2.24) is 0 Å². The Labute approximate surface area is 122 Å². The Morgan fingerprint density at radius 3 is 2.15 bits per heavy atom. The molecule has 0 saturated heterocycles. The Morgan fingerprint density at radius 1 is 1.15 bits per heavy atom. The van der Waals surface area contributed by atoms with E-state index >= 15 is 0 Å². The first-order valence-electron chi connectivity index (χ1n) is 6.63. The van der Waals surface area contributed by atoms with Crippen LogP contribution in [-0.2, 0) is 9.47 Å². The summed E-state index contributed by atoms with van der Waals surface area (Å²) >= 11 is 0.882. The van der Waals surface area contributed by atoms with Crippen LogP contribution < -0.4 is 0 Å². The summed E-state index contributed by atoms with van der Waals surface area (Å²) in [6.45, 7) is 7.34. The fourth-order valence-corrected chi connectivity index (χ4v) is 2.09. The van der Waals surface area contributed by atoms with Gasteiger partial charge in [0.25, 0.3) is 0 Å². The molecule has 0 aliphatic heterocycles. The Morgan fingerprint density at radius 2 is 1.65 bits per heavy atom. The van der Waals surface area contributed by atoms with Crippen LogP contribution >= 0.6 is 11.3 Å². The fourth-order valence-electron chi connectivity index (χ4n) is 1.27. The number of ether oxygens (including phenoxy) is 2. The maximum absolute atomic E-state index is 11.8. The highest BCUT2D eigenvalue weighted by molar-refractivity contribution is 7.16. The van der Waals surface area contributed by atoms with Gasteiger partial charge >= 0.3 is 11.9 Å². The third-order valence-corrected chi connectivity index (χ3v) is 3.95. The summed E-state index contributed by atoms with van der Waals surface area (Å²) in [4.78, 5) is 23.9. The number of rotatable bonds is 6. The molecule has 0 fully saturated rings. The molecule has 1 rings (SSSR count). The van der Waals surface area contributed by atoms with Crippen LogP contribution in [0.15, 0.2) is 6.07 Å². The molecule has 20 heavy (non-hydrogen) atoms. The van der Waals surface area contributed by atoms with E-state index < -0.39 is 11.9 Å². The van der Waals surface area contributed by atoms with Crippen molar-refractivity contribution in [3.63, 3.8) is 0 Å². The quantitative estimate of drug-likeness (QED) is 0.815. The fraction of sp³-hybridized carbons (Fsp3) is 0.571. The Balaban J connectivity index is 2.82. The molecule has 0 spiro atoms. The summed E-state index contributed by atoms with van der Waals surface area (Å²) < 4.78 is 10.3. The van der Waals surface area contributed by atoms with Gasteiger partial charge in [-0.15, -0.1) is 11.3 Å². The Kier molecular flexibility index (Phi) is 6.01. The second-order valence-corrected chi connectivity index (χ2v) is 5.63. The number of hydrogen-bond acceptors (Lipinski definition) is 6. The summed E-state index contributed by atoms with van der Waals surface area (Å²) in [5.74, 6) is -1.41. The van der Waals surface area contributed by atoms with E-state index in [-0.39, 0.29) is 27.7 Å². The lowest BCUT2D eigenvalue weighted by Gasteiger charge is -2.09. The van der Waals surface area contributed by atoms with Crippen molar-refractivity contribution >= 4 is 23.3 Å². The minimum atomic E-state index is -0.621. The van der Waals surface area contributed by atoms with Gasteiger partial charge in [-0.3, -0.25) is 0 Å². The van der Waals surface area contributed by atoms with E-state index in [9.17, 15) is 14.7 Å². The lowest BCUT2D eigenvalue weighted by atomic mass is 10.3. The number of hydrogen-bond donors (Lipinski definition) is 1. The van der Waals surface area contributed by atoms with Gasteiger partial charge in [-0.25, -0.2) is 9.59 Å². The van der Waals surface area contributed by atoms with Gasteiger partial charge in [0.05, 0.1) is 12.2 Å². The molecule has 2 unspecified atom stereocenters. The van der Waals surface area contributed by atoms with Crippen molar-refractivity contribution < 1.29 is 24.2 Å². The molecule has 0 bridgehead atoms. The average Bonchev–Trinajstić information content (AvgIpc) is 2.80. The van der Waals surface area contributed by atoms with E-state index in [0.717, 1.165) is 11.3 Å². The average molecular weight is 300 g/mol. The summed E-state index contributed by atoms with van der Waals surface area (Å²) in [6.07, 6.45) is 0.939. The largest absolute Gasteiger partial charge is 0.506 e. The van der Waals surface area contributed by atoms with Crippen molar-refractivity contribution in [2.24, 2.45) is 0 Å². The molecule has 1 N–H and O–H groups in total. The van der Waals surface area contributed by atoms with Crippen LogP contribution in [0, 0.1) is 0 Å². The third-order valence-electron chi connectivity index (χ3n) is 2.87. The van der Waals surface area contributed by atoms with Crippen LogP contribution in [0.2, 0.25) is 0 Å². The van der Waals surface area contributed by atoms with Gasteiger partial charge in [0.1, 0.15) is 10.6 Å². The molecule has 2 atom stereocenters. The molecular formula is C14H20O5S. The zero-order valence-electron chi connectivity index (χ0n) is 12.1. The molecule has 0 amide bonds. The highest BCUT2D eigenvalue weighted by atomic mass is 32.1. The molecule has 0 aromatic carbocycles.